The maximum Gasteiger partial charge on any atom is 0.163 e. The Labute approximate surface area is 174 Å². The highest BCUT2D eigenvalue weighted by atomic mass is 19.1. The van der Waals surface area contributed by atoms with Gasteiger partial charge in [0, 0.05) is 36.4 Å². The van der Waals surface area contributed by atoms with Crippen LogP contribution in [0.25, 0.3) is 22.3 Å². The van der Waals surface area contributed by atoms with Gasteiger partial charge in [-0.3, -0.25) is 4.98 Å². The molecule has 0 aliphatic carbocycles. The van der Waals surface area contributed by atoms with E-state index in [1.807, 2.05) is 43.3 Å². The second-order valence-electron chi connectivity index (χ2n) is 7.52. The topological polar surface area (TPSA) is 51.1 Å². The lowest BCUT2D eigenvalue weighted by atomic mass is 10.1. The van der Waals surface area contributed by atoms with Gasteiger partial charge in [0.05, 0.1) is 11.6 Å². The summed E-state index contributed by atoms with van der Waals surface area (Å²) < 4.78 is 19.6. The summed E-state index contributed by atoms with van der Waals surface area (Å²) in [5.74, 6) is 1.28. The molecule has 5 nitrogen and oxygen atoms in total. The van der Waals surface area contributed by atoms with Crippen LogP contribution in [0.5, 0.6) is 0 Å². The van der Waals surface area contributed by atoms with Gasteiger partial charge >= 0.3 is 0 Å². The average Bonchev–Trinajstić information content (AvgIpc) is 2.79. The smallest absolute Gasteiger partial charge is 0.163 e. The number of ether oxygens (including phenoxy) is 1. The Morgan fingerprint density at radius 3 is 2.60 bits per heavy atom. The summed E-state index contributed by atoms with van der Waals surface area (Å²) in [5, 5.41) is 0.997. The molecule has 0 N–H and O–H groups in total. The number of para-hydroxylation sites is 1. The van der Waals surface area contributed by atoms with Gasteiger partial charge in [0.1, 0.15) is 17.7 Å². The Kier molecular flexibility index (Phi) is 4.85. The van der Waals surface area contributed by atoms with E-state index < -0.39 is 0 Å². The van der Waals surface area contributed by atoms with Gasteiger partial charge in [0.25, 0.3) is 0 Å². The van der Waals surface area contributed by atoms with Crippen LogP contribution in [0.3, 0.4) is 0 Å². The number of anilines is 1. The van der Waals surface area contributed by atoms with E-state index in [1.54, 1.807) is 24.5 Å². The number of nitrogens with zero attached hydrogens (tertiary/aromatic N) is 4. The van der Waals surface area contributed by atoms with Gasteiger partial charge in [-0.15, -0.1) is 0 Å². The van der Waals surface area contributed by atoms with E-state index in [2.05, 4.69) is 9.88 Å². The van der Waals surface area contributed by atoms with Crippen LogP contribution in [-0.2, 0) is 4.74 Å². The molecule has 1 aliphatic rings. The molecule has 0 spiro atoms. The summed E-state index contributed by atoms with van der Waals surface area (Å²) >= 11 is 0. The van der Waals surface area contributed by atoms with E-state index in [0.717, 1.165) is 27.8 Å². The van der Waals surface area contributed by atoms with Gasteiger partial charge in [-0.25, -0.2) is 14.4 Å². The minimum absolute atomic E-state index is 0.00405. The number of morpholine rings is 1. The average molecular weight is 400 g/mol. The summed E-state index contributed by atoms with van der Waals surface area (Å²) in [6.07, 6.45) is 3.36. The predicted molar refractivity (Wildman–Crippen MR) is 115 cm³/mol. The molecule has 150 valence electrons. The zero-order chi connectivity index (χ0) is 20.5. The first-order valence-electron chi connectivity index (χ1n) is 10.0. The Bertz CT molecular complexity index is 1170. The molecule has 1 saturated heterocycles. The number of halogens is 1. The highest BCUT2D eigenvalue weighted by Crippen LogP contribution is 2.33. The SMILES string of the molecule is CC1CN(c2nc(-c3cccnc3)nc3ccccc23)CC(c2ccc(F)cc2)O1. The minimum atomic E-state index is -0.248. The molecular weight excluding hydrogens is 379 g/mol. The Morgan fingerprint density at radius 2 is 1.80 bits per heavy atom. The zero-order valence-corrected chi connectivity index (χ0v) is 16.6. The molecule has 30 heavy (non-hydrogen) atoms. The highest BCUT2D eigenvalue weighted by Gasteiger charge is 2.29. The van der Waals surface area contributed by atoms with Gasteiger partial charge < -0.3 is 9.64 Å². The molecule has 2 aromatic heterocycles. The van der Waals surface area contributed by atoms with E-state index in [-0.39, 0.29) is 18.0 Å². The third-order valence-electron chi connectivity index (χ3n) is 5.30. The van der Waals surface area contributed by atoms with E-state index in [4.69, 9.17) is 14.7 Å². The van der Waals surface area contributed by atoms with Gasteiger partial charge in [-0.2, -0.15) is 0 Å². The Hall–Kier alpha value is -3.38. The van der Waals surface area contributed by atoms with E-state index >= 15 is 0 Å². The van der Waals surface area contributed by atoms with Gasteiger partial charge in [-0.05, 0) is 48.9 Å². The van der Waals surface area contributed by atoms with Crippen molar-refractivity contribution in [2.75, 3.05) is 18.0 Å². The van der Waals surface area contributed by atoms with E-state index in [1.165, 1.54) is 12.1 Å². The molecule has 6 heteroatoms. The summed E-state index contributed by atoms with van der Waals surface area (Å²) in [7, 11) is 0. The third kappa shape index (κ3) is 3.62. The standard InChI is InChI=1S/C24H21FN4O/c1-16-14-29(15-22(30-16)17-8-10-19(25)11-9-17)24-20-6-2-3-7-21(20)27-23(28-24)18-5-4-12-26-13-18/h2-13,16,22H,14-15H2,1H3. The zero-order valence-electron chi connectivity index (χ0n) is 16.6. The van der Waals surface area contributed by atoms with Crippen LogP contribution in [-0.4, -0.2) is 34.1 Å². The number of hydrogen-bond acceptors (Lipinski definition) is 5. The van der Waals surface area contributed by atoms with Crippen molar-refractivity contribution in [2.45, 2.75) is 19.1 Å². The summed E-state index contributed by atoms with van der Waals surface area (Å²) in [5.41, 5.74) is 2.72. The fourth-order valence-corrected chi connectivity index (χ4v) is 3.91. The maximum atomic E-state index is 13.4. The second kappa shape index (κ2) is 7.80. The molecule has 2 unspecified atom stereocenters. The predicted octanol–water partition coefficient (Wildman–Crippen LogP) is 4.80. The second-order valence-corrected chi connectivity index (χ2v) is 7.52. The molecule has 2 aromatic carbocycles. The van der Waals surface area contributed by atoms with Crippen LogP contribution in [0.1, 0.15) is 18.6 Å². The largest absolute Gasteiger partial charge is 0.367 e. The van der Waals surface area contributed by atoms with E-state index in [0.29, 0.717) is 18.9 Å². The number of hydrogen-bond donors (Lipinski definition) is 0. The number of rotatable bonds is 3. The minimum Gasteiger partial charge on any atom is -0.367 e. The molecule has 0 bridgehead atoms. The molecule has 0 radical (unpaired) electrons. The van der Waals surface area contributed by atoms with Gasteiger partial charge in [-0.1, -0.05) is 24.3 Å². The summed E-state index contributed by atoms with van der Waals surface area (Å²) in [6.45, 7) is 3.39. The van der Waals surface area contributed by atoms with Crippen molar-refractivity contribution in [3.63, 3.8) is 0 Å². The van der Waals surface area contributed by atoms with Crippen LogP contribution in [0.2, 0.25) is 0 Å². The third-order valence-corrected chi connectivity index (χ3v) is 5.30. The molecule has 0 saturated carbocycles. The molecule has 1 fully saturated rings. The molecule has 5 rings (SSSR count). The molecule has 3 heterocycles. The van der Waals surface area contributed by atoms with Crippen molar-refractivity contribution in [3.8, 4) is 11.4 Å². The van der Waals surface area contributed by atoms with Gasteiger partial charge in [0.15, 0.2) is 5.82 Å². The first kappa shape index (κ1) is 18.6. The summed E-state index contributed by atoms with van der Waals surface area (Å²) in [6, 6.07) is 18.4. The quantitative estimate of drug-likeness (QED) is 0.495. The van der Waals surface area contributed by atoms with Crippen molar-refractivity contribution >= 4 is 16.7 Å². The van der Waals surface area contributed by atoms with Crippen molar-refractivity contribution in [2.24, 2.45) is 0 Å². The van der Waals surface area contributed by atoms with Crippen LogP contribution >= 0.6 is 0 Å². The van der Waals surface area contributed by atoms with Crippen LogP contribution in [0.15, 0.2) is 73.1 Å². The number of aromatic nitrogens is 3. The van der Waals surface area contributed by atoms with Crippen molar-refractivity contribution < 1.29 is 9.13 Å². The fourth-order valence-electron chi connectivity index (χ4n) is 3.91. The summed E-state index contributed by atoms with van der Waals surface area (Å²) in [4.78, 5) is 16.1. The lowest BCUT2D eigenvalue weighted by molar-refractivity contribution is -0.0175. The first-order chi connectivity index (χ1) is 14.7. The van der Waals surface area contributed by atoms with Crippen molar-refractivity contribution in [1.29, 1.82) is 0 Å². The first-order valence-corrected chi connectivity index (χ1v) is 10.0. The molecule has 2 atom stereocenters. The van der Waals surface area contributed by atoms with Crippen molar-refractivity contribution in [3.05, 3.63) is 84.4 Å². The van der Waals surface area contributed by atoms with Crippen LogP contribution in [0.4, 0.5) is 10.2 Å². The molecule has 4 aromatic rings. The molecular formula is C24H21FN4O. The van der Waals surface area contributed by atoms with Crippen molar-refractivity contribution in [1.82, 2.24) is 15.0 Å². The number of pyridine rings is 1. The molecule has 1 aliphatic heterocycles. The highest BCUT2D eigenvalue weighted by molar-refractivity contribution is 5.91. The normalized spacial score (nSPS) is 19.2. The van der Waals surface area contributed by atoms with E-state index in [9.17, 15) is 4.39 Å². The maximum absolute atomic E-state index is 13.4. The van der Waals surface area contributed by atoms with Crippen LogP contribution < -0.4 is 4.90 Å². The monoisotopic (exact) mass is 400 g/mol. The lowest BCUT2D eigenvalue weighted by Crippen LogP contribution is -2.43. The number of fused-ring (bicyclic) bond motifs is 1. The van der Waals surface area contributed by atoms with Crippen LogP contribution in [0, 0.1) is 5.82 Å². The number of benzene rings is 2. The van der Waals surface area contributed by atoms with Gasteiger partial charge in [0.2, 0.25) is 0 Å². The molecule has 0 amide bonds. The Balaban J connectivity index is 1.58. The fraction of sp³-hybridized carbons (Fsp3) is 0.208. The Morgan fingerprint density at radius 1 is 0.967 bits per heavy atom. The lowest BCUT2D eigenvalue weighted by Gasteiger charge is -2.38.